The number of halogens is 2. The monoisotopic (exact) mass is 391 g/mol. The lowest BCUT2D eigenvalue weighted by Crippen LogP contribution is -2.41. The van der Waals surface area contributed by atoms with Crippen LogP contribution < -0.4 is 4.74 Å². The smallest absolute Gasteiger partial charge is 0.335 e. The third-order valence-electron chi connectivity index (χ3n) is 4.73. The molecule has 6 nitrogen and oxygen atoms in total. The van der Waals surface area contributed by atoms with E-state index in [2.05, 4.69) is 9.97 Å². The first-order chi connectivity index (χ1) is 13.3. The quantitative estimate of drug-likeness (QED) is 0.777. The lowest BCUT2D eigenvalue weighted by atomic mass is 9.97. The molecule has 1 aromatic heterocycles. The minimum absolute atomic E-state index is 0.193. The van der Waals surface area contributed by atoms with Crippen LogP contribution in [0, 0.1) is 5.92 Å². The number of carboxylic acids is 1. The van der Waals surface area contributed by atoms with Crippen molar-refractivity contribution in [1.29, 1.82) is 0 Å². The predicted molar refractivity (Wildman–Crippen MR) is 99.7 cm³/mol. The topological polar surface area (TPSA) is 75.5 Å². The Labute approximate surface area is 162 Å². The molecule has 3 rings (SSSR count). The van der Waals surface area contributed by atoms with Crippen molar-refractivity contribution in [2.75, 3.05) is 26.2 Å². The van der Waals surface area contributed by atoms with Gasteiger partial charge in [-0.15, -0.1) is 0 Å². The molecule has 8 heteroatoms. The molecule has 28 heavy (non-hydrogen) atoms. The Morgan fingerprint density at radius 2 is 1.89 bits per heavy atom. The molecule has 1 saturated heterocycles. The number of aromatic carboxylic acids is 1. The molecule has 0 unspecified atom stereocenters. The molecule has 1 N–H and O–H groups in total. The Kier molecular flexibility index (Phi) is 6.18. The summed E-state index contributed by atoms with van der Waals surface area (Å²) >= 11 is 0. The lowest BCUT2D eigenvalue weighted by Gasteiger charge is -2.33. The van der Waals surface area contributed by atoms with Crippen molar-refractivity contribution < 1.29 is 23.4 Å². The molecule has 0 atom stereocenters. The van der Waals surface area contributed by atoms with Gasteiger partial charge >= 0.3 is 5.97 Å². The maximum atomic E-state index is 13.1. The van der Waals surface area contributed by atoms with Crippen LogP contribution >= 0.6 is 0 Å². The predicted octanol–water partition coefficient (Wildman–Crippen LogP) is 3.59. The molecule has 1 aliphatic heterocycles. The number of hydrogen-bond acceptors (Lipinski definition) is 5. The Morgan fingerprint density at radius 3 is 2.43 bits per heavy atom. The fourth-order valence-corrected chi connectivity index (χ4v) is 3.23. The number of carboxylic acid groups (broad SMARTS) is 1. The molecule has 2 aromatic rings. The van der Waals surface area contributed by atoms with Gasteiger partial charge in [-0.25, -0.2) is 23.5 Å². The minimum atomic E-state index is -2.66. The molecule has 0 bridgehead atoms. The SMILES string of the molecule is CC(F)(F)CN1CCC(COc2cnc(-c3ccc(C(=O)O)cc3)cn2)CC1. The molecule has 0 saturated carbocycles. The molecular formula is C20H23F2N3O3. The van der Waals surface area contributed by atoms with Crippen LogP contribution in [0.4, 0.5) is 8.78 Å². The molecule has 0 radical (unpaired) electrons. The van der Waals surface area contributed by atoms with Gasteiger partial charge in [0.25, 0.3) is 5.92 Å². The van der Waals surface area contributed by atoms with Crippen LogP contribution in [-0.2, 0) is 0 Å². The van der Waals surface area contributed by atoms with Gasteiger partial charge < -0.3 is 9.84 Å². The zero-order chi connectivity index (χ0) is 20.1. The molecular weight excluding hydrogens is 368 g/mol. The van der Waals surface area contributed by atoms with E-state index in [1.807, 2.05) is 0 Å². The number of hydrogen-bond donors (Lipinski definition) is 1. The van der Waals surface area contributed by atoms with Crippen LogP contribution in [0.3, 0.4) is 0 Å². The highest BCUT2D eigenvalue weighted by Gasteiger charge is 2.28. The summed E-state index contributed by atoms with van der Waals surface area (Å²) in [7, 11) is 0. The van der Waals surface area contributed by atoms with E-state index in [1.54, 1.807) is 23.2 Å². The van der Waals surface area contributed by atoms with E-state index in [9.17, 15) is 13.6 Å². The summed E-state index contributed by atoms with van der Waals surface area (Å²) in [6.45, 7) is 2.53. The molecule has 1 fully saturated rings. The summed E-state index contributed by atoms with van der Waals surface area (Å²) in [5.41, 5.74) is 1.60. The van der Waals surface area contributed by atoms with Crippen molar-refractivity contribution in [2.24, 2.45) is 5.92 Å². The number of piperidine rings is 1. The van der Waals surface area contributed by atoms with Crippen LogP contribution in [-0.4, -0.2) is 58.1 Å². The number of likely N-dealkylation sites (tertiary alicyclic amines) is 1. The largest absolute Gasteiger partial charge is 0.478 e. The zero-order valence-electron chi connectivity index (χ0n) is 15.6. The Hall–Kier alpha value is -2.61. The second-order valence-electron chi connectivity index (χ2n) is 7.22. The van der Waals surface area contributed by atoms with Gasteiger partial charge in [-0.1, -0.05) is 12.1 Å². The van der Waals surface area contributed by atoms with Crippen molar-refractivity contribution >= 4 is 5.97 Å². The molecule has 0 amide bonds. The minimum Gasteiger partial charge on any atom is -0.478 e. The van der Waals surface area contributed by atoms with Gasteiger partial charge in [-0.2, -0.15) is 0 Å². The highest BCUT2D eigenvalue weighted by molar-refractivity contribution is 5.88. The number of carbonyl (C=O) groups is 1. The van der Waals surface area contributed by atoms with E-state index in [0.717, 1.165) is 25.3 Å². The molecule has 1 aliphatic rings. The highest BCUT2D eigenvalue weighted by atomic mass is 19.3. The fourth-order valence-electron chi connectivity index (χ4n) is 3.23. The number of nitrogens with zero attached hydrogens (tertiary/aromatic N) is 3. The van der Waals surface area contributed by atoms with Crippen molar-refractivity contribution in [2.45, 2.75) is 25.7 Å². The lowest BCUT2D eigenvalue weighted by molar-refractivity contribution is -0.0239. The summed E-state index contributed by atoms with van der Waals surface area (Å²) in [4.78, 5) is 21.2. The average molecular weight is 391 g/mol. The van der Waals surface area contributed by atoms with Gasteiger partial charge in [-0.3, -0.25) is 4.90 Å². The zero-order valence-corrected chi connectivity index (χ0v) is 15.6. The van der Waals surface area contributed by atoms with Gasteiger partial charge in [0.2, 0.25) is 5.88 Å². The van der Waals surface area contributed by atoms with E-state index in [4.69, 9.17) is 9.84 Å². The van der Waals surface area contributed by atoms with Crippen LogP contribution in [0.15, 0.2) is 36.7 Å². The molecule has 0 aliphatic carbocycles. The van der Waals surface area contributed by atoms with Crippen molar-refractivity contribution in [3.8, 4) is 17.1 Å². The van der Waals surface area contributed by atoms with E-state index >= 15 is 0 Å². The van der Waals surface area contributed by atoms with E-state index < -0.39 is 11.9 Å². The third-order valence-corrected chi connectivity index (χ3v) is 4.73. The number of rotatable bonds is 7. The van der Waals surface area contributed by atoms with Crippen molar-refractivity contribution in [1.82, 2.24) is 14.9 Å². The molecule has 150 valence electrons. The maximum Gasteiger partial charge on any atom is 0.335 e. The number of ether oxygens (including phenoxy) is 1. The Morgan fingerprint density at radius 1 is 1.21 bits per heavy atom. The highest BCUT2D eigenvalue weighted by Crippen LogP contribution is 2.23. The summed E-state index contributed by atoms with van der Waals surface area (Å²) in [5, 5.41) is 8.93. The maximum absolute atomic E-state index is 13.1. The van der Waals surface area contributed by atoms with Crippen LogP contribution in [0.2, 0.25) is 0 Å². The van der Waals surface area contributed by atoms with Gasteiger partial charge in [0.1, 0.15) is 0 Å². The second-order valence-corrected chi connectivity index (χ2v) is 7.22. The average Bonchev–Trinajstić information content (AvgIpc) is 2.67. The first-order valence-electron chi connectivity index (χ1n) is 9.19. The van der Waals surface area contributed by atoms with Gasteiger partial charge in [-0.05, 0) is 44.0 Å². The molecule has 2 heterocycles. The number of alkyl halides is 2. The van der Waals surface area contributed by atoms with Gasteiger partial charge in [0.15, 0.2) is 0 Å². The van der Waals surface area contributed by atoms with Crippen molar-refractivity contribution in [3.63, 3.8) is 0 Å². The van der Waals surface area contributed by atoms with Crippen LogP contribution in [0.1, 0.15) is 30.1 Å². The summed E-state index contributed by atoms with van der Waals surface area (Å²) in [6.07, 6.45) is 4.75. The summed E-state index contributed by atoms with van der Waals surface area (Å²) in [6, 6.07) is 6.40. The molecule has 1 aromatic carbocycles. The Bertz CT molecular complexity index is 784. The van der Waals surface area contributed by atoms with Gasteiger partial charge in [0.05, 0.1) is 36.8 Å². The van der Waals surface area contributed by atoms with Gasteiger partial charge in [0, 0.05) is 12.5 Å². The van der Waals surface area contributed by atoms with E-state index in [0.29, 0.717) is 37.2 Å². The second kappa shape index (κ2) is 8.60. The Balaban J connectivity index is 1.48. The first-order valence-corrected chi connectivity index (χ1v) is 9.19. The summed E-state index contributed by atoms with van der Waals surface area (Å²) < 4.78 is 31.9. The van der Waals surface area contributed by atoms with Crippen molar-refractivity contribution in [3.05, 3.63) is 42.2 Å². The third kappa shape index (κ3) is 5.69. The number of aromatic nitrogens is 2. The number of benzene rings is 1. The first kappa shape index (κ1) is 20.1. The van der Waals surface area contributed by atoms with E-state index in [1.165, 1.54) is 18.3 Å². The van der Waals surface area contributed by atoms with Crippen LogP contribution in [0.5, 0.6) is 5.88 Å². The fraction of sp³-hybridized carbons (Fsp3) is 0.450. The molecule has 0 spiro atoms. The standard InChI is InChI=1S/C20H23F2N3O3/c1-20(21,22)13-25-8-6-14(7-9-25)12-28-18-11-23-17(10-24-18)15-2-4-16(5-3-15)19(26)27/h2-5,10-11,14H,6-9,12-13H2,1H3,(H,26,27). The van der Waals surface area contributed by atoms with Crippen LogP contribution in [0.25, 0.3) is 11.3 Å². The normalized spacial score (nSPS) is 16.1. The summed E-state index contributed by atoms with van der Waals surface area (Å²) in [5.74, 6) is -2.91. The van der Waals surface area contributed by atoms with E-state index in [-0.39, 0.29) is 12.1 Å².